The van der Waals surface area contributed by atoms with Crippen molar-refractivity contribution in [3.05, 3.63) is 22.5 Å². The molecule has 0 saturated carbocycles. The number of carbonyl (C=O) groups excluding carboxylic acids is 1. The topological polar surface area (TPSA) is 116 Å². The molecule has 1 amide bonds. The van der Waals surface area contributed by atoms with Crippen LogP contribution in [0.2, 0.25) is 0 Å². The van der Waals surface area contributed by atoms with Crippen molar-refractivity contribution in [3.8, 4) is 0 Å². The summed E-state index contributed by atoms with van der Waals surface area (Å²) in [7, 11) is 0. The predicted molar refractivity (Wildman–Crippen MR) is 60.2 cm³/mol. The van der Waals surface area contributed by atoms with Gasteiger partial charge >= 0.3 is 5.69 Å². The lowest BCUT2D eigenvalue weighted by Gasteiger charge is -2.23. The number of nitro groups is 1. The van der Waals surface area contributed by atoms with Crippen molar-refractivity contribution in [2.24, 2.45) is 5.73 Å². The zero-order chi connectivity index (χ0) is 13.1. The first-order valence-electron chi connectivity index (χ1n) is 5.02. The molecule has 8 heteroatoms. The fourth-order valence-electron chi connectivity index (χ4n) is 1.15. The van der Waals surface area contributed by atoms with E-state index in [1.54, 1.807) is 13.8 Å². The standard InChI is InChI=1S/C9H15N5O3/c1-9(2,6-10)12-8(15)5-13-4-7(3-11-13)14(16)17/h3-4H,5-6,10H2,1-2H3,(H,12,15). The summed E-state index contributed by atoms with van der Waals surface area (Å²) in [6.45, 7) is 3.81. The molecular weight excluding hydrogens is 226 g/mol. The molecule has 0 bridgehead atoms. The van der Waals surface area contributed by atoms with Gasteiger partial charge in [0.1, 0.15) is 18.9 Å². The van der Waals surface area contributed by atoms with Crippen molar-refractivity contribution >= 4 is 11.6 Å². The van der Waals surface area contributed by atoms with E-state index in [9.17, 15) is 14.9 Å². The molecule has 1 aromatic heterocycles. The molecule has 3 N–H and O–H groups in total. The molecule has 1 aromatic rings. The normalized spacial score (nSPS) is 11.2. The molecule has 1 rings (SSSR count). The summed E-state index contributed by atoms with van der Waals surface area (Å²) >= 11 is 0. The maximum Gasteiger partial charge on any atom is 0.307 e. The van der Waals surface area contributed by atoms with E-state index < -0.39 is 10.5 Å². The molecule has 0 unspecified atom stereocenters. The van der Waals surface area contributed by atoms with Crippen LogP contribution in [-0.2, 0) is 11.3 Å². The minimum atomic E-state index is -0.564. The first kappa shape index (κ1) is 13.1. The Labute approximate surface area is 97.9 Å². The zero-order valence-corrected chi connectivity index (χ0v) is 9.71. The number of rotatable bonds is 5. The molecule has 0 aliphatic carbocycles. The van der Waals surface area contributed by atoms with Crippen LogP contribution < -0.4 is 11.1 Å². The number of nitrogens with one attached hydrogen (secondary N) is 1. The van der Waals surface area contributed by atoms with Crippen molar-refractivity contribution < 1.29 is 9.72 Å². The number of nitrogens with zero attached hydrogens (tertiary/aromatic N) is 3. The highest BCUT2D eigenvalue weighted by atomic mass is 16.6. The fourth-order valence-corrected chi connectivity index (χ4v) is 1.15. The Morgan fingerprint density at radius 1 is 1.71 bits per heavy atom. The van der Waals surface area contributed by atoms with E-state index >= 15 is 0 Å². The molecule has 17 heavy (non-hydrogen) atoms. The molecule has 0 atom stereocenters. The summed E-state index contributed by atoms with van der Waals surface area (Å²) in [5.74, 6) is -0.293. The first-order chi connectivity index (χ1) is 7.84. The van der Waals surface area contributed by atoms with Gasteiger partial charge in [0.25, 0.3) is 0 Å². The third-order valence-corrected chi connectivity index (χ3v) is 2.12. The lowest BCUT2D eigenvalue weighted by atomic mass is 10.1. The highest BCUT2D eigenvalue weighted by Crippen LogP contribution is 2.07. The van der Waals surface area contributed by atoms with E-state index in [1.807, 2.05) is 0 Å². The van der Waals surface area contributed by atoms with Gasteiger partial charge in [0.2, 0.25) is 5.91 Å². The summed E-state index contributed by atoms with van der Waals surface area (Å²) in [5, 5.41) is 16.8. The molecule has 0 fully saturated rings. The number of hydrogen-bond donors (Lipinski definition) is 2. The van der Waals surface area contributed by atoms with Crippen LogP contribution in [0.5, 0.6) is 0 Å². The van der Waals surface area contributed by atoms with Gasteiger partial charge in [0.15, 0.2) is 0 Å². The third-order valence-electron chi connectivity index (χ3n) is 2.12. The predicted octanol–water partition coefficient (Wildman–Crippen LogP) is -0.355. The molecule has 0 aliphatic rings. The van der Waals surface area contributed by atoms with Crippen molar-refractivity contribution in [2.45, 2.75) is 25.9 Å². The minimum absolute atomic E-state index is 0.0722. The quantitative estimate of drug-likeness (QED) is 0.539. The molecule has 0 aromatic carbocycles. The molecule has 0 aliphatic heterocycles. The van der Waals surface area contributed by atoms with Crippen LogP contribution in [0.25, 0.3) is 0 Å². The first-order valence-corrected chi connectivity index (χ1v) is 5.02. The Hall–Kier alpha value is -1.96. The maximum absolute atomic E-state index is 11.6. The van der Waals surface area contributed by atoms with Gasteiger partial charge in [-0.3, -0.25) is 19.6 Å². The van der Waals surface area contributed by atoms with Gasteiger partial charge in [-0.2, -0.15) is 5.10 Å². The Bertz CT molecular complexity index is 426. The van der Waals surface area contributed by atoms with E-state index in [-0.39, 0.29) is 18.1 Å². The summed E-state index contributed by atoms with van der Waals surface area (Å²) in [6, 6.07) is 0. The van der Waals surface area contributed by atoms with E-state index in [2.05, 4.69) is 10.4 Å². The van der Waals surface area contributed by atoms with Crippen LogP contribution in [0.3, 0.4) is 0 Å². The number of nitrogens with two attached hydrogens (primary N) is 1. The van der Waals surface area contributed by atoms with Gasteiger partial charge in [-0.15, -0.1) is 0 Å². The Morgan fingerprint density at radius 2 is 2.35 bits per heavy atom. The second-order valence-corrected chi connectivity index (χ2v) is 4.29. The smallest absolute Gasteiger partial charge is 0.307 e. The van der Waals surface area contributed by atoms with E-state index in [0.29, 0.717) is 6.54 Å². The molecular formula is C9H15N5O3. The van der Waals surface area contributed by atoms with Gasteiger partial charge in [0, 0.05) is 12.1 Å². The highest BCUT2D eigenvalue weighted by molar-refractivity contribution is 5.76. The number of carbonyl (C=O) groups is 1. The molecule has 1 heterocycles. The van der Waals surface area contributed by atoms with E-state index in [1.165, 1.54) is 10.9 Å². The zero-order valence-electron chi connectivity index (χ0n) is 9.71. The van der Waals surface area contributed by atoms with Crippen LogP contribution in [0.4, 0.5) is 5.69 Å². The summed E-state index contributed by atoms with van der Waals surface area (Å²) in [4.78, 5) is 21.4. The number of aromatic nitrogens is 2. The molecule has 94 valence electrons. The number of hydrogen-bond acceptors (Lipinski definition) is 5. The van der Waals surface area contributed by atoms with Crippen molar-refractivity contribution in [3.63, 3.8) is 0 Å². The lowest BCUT2D eigenvalue weighted by molar-refractivity contribution is -0.385. The summed E-state index contributed by atoms with van der Waals surface area (Å²) in [5.41, 5.74) is 4.82. The second kappa shape index (κ2) is 4.91. The second-order valence-electron chi connectivity index (χ2n) is 4.29. The van der Waals surface area contributed by atoms with Crippen molar-refractivity contribution in [2.75, 3.05) is 6.54 Å². The largest absolute Gasteiger partial charge is 0.348 e. The van der Waals surface area contributed by atoms with Crippen molar-refractivity contribution in [1.29, 1.82) is 0 Å². The summed E-state index contributed by atoms with van der Waals surface area (Å²) in [6.07, 6.45) is 2.30. The van der Waals surface area contributed by atoms with E-state index in [4.69, 9.17) is 5.73 Å². The Kier molecular flexibility index (Phi) is 3.79. The molecule has 0 spiro atoms. The van der Waals surface area contributed by atoms with Gasteiger partial charge in [-0.1, -0.05) is 0 Å². The highest BCUT2D eigenvalue weighted by Gasteiger charge is 2.19. The molecule has 0 radical (unpaired) electrons. The monoisotopic (exact) mass is 241 g/mol. The molecule has 8 nitrogen and oxygen atoms in total. The van der Waals surface area contributed by atoms with Gasteiger partial charge in [0.05, 0.1) is 4.92 Å². The van der Waals surface area contributed by atoms with E-state index in [0.717, 1.165) is 6.20 Å². The Morgan fingerprint density at radius 3 is 2.82 bits per heavy atom. The minimum Gasteiger partial charge on any atom is -0.348 e. The van der Waals surface area contributed by atoms with Crippen LogP contribution >= 0.6 is 0 Å². The SMILES string of the molecule is CC(C)(CN)NC(=O)Cn1cc([N+](=O)[O-])cn1. The number of amides is 1. The van der Waals surface area contributed by atoms with Gasteiger partial charge in [-0.25, -0.2) is 0 Å². The third kappa shape index (κ3) is 3.83. The van der Waals surface area contributed by atoms with Crippen LogP contribution in [-0.4, -0.2) is 32.7 Å². The van der Waals surface area contributed by atoms with Gasteiger partial charge < -0.3 is 11.1 Å². The van der Waals surface area contributed by atoms with Crippen LogP contribution in [0.15, 0.2) is 12.4 Å². The molecule has 0 saturated heterocycles. The fraction of sp³-hybridized carbons (Fsp3) is 0.556. The van der Waals surface area contributed by atoms with Crippen LogP contribution in [0, 0.1) is 10.1 Å². The van der Waals surface area contributed by atoms with Crippen LogP contribution in [0.1, 0.15) is 13.8 Å². The summed E-state index contributed by atoms with van der Waals surface area (Å²) < 4.78 is 1.21. The Balaban J connectivity index is 2.59. The average Bonchev–Trinajstić information content (AvgIpc) is 2.65. The average molecular weight is 241 g/mol. The van der Waals surface area contributed by atoms with Crippen molar-refractivity contribution in [1.82, 2.24) is 15.1 Å². The van der Waals surface area contributed by atoms with Gasteiger partial charge in [-0.05, 0) is 13.8 Å². The lowest BCUT2D eigenvalue weighted by Crippen LogP contribution is -2.49. The maximum atomic E-state index is 11.6.